The Bertz CT molecular complexity index is 2060. The molecule has 1 unspecified atom stereocenters. The van der Waals surface area contributed by atoms with Gasteiger partial charge in [0, 0.05) is 29.6 Å². The summed E-state index contributed by atoms with van der Waals surface area (Å²) in [6.07, 6.45) is 6.94. The minimum absolute atomic E-state index is 0.0163. The number of pyridine rings is 1. The second-order valence-corrected chi connectivity index (χ2v) is 14.0. The molecule has 2 aliphatic heterocycles. The Morgan fingerprint density at radius 1 is 0.925 bits per heavy atom. The molecule has 3 heterocycles. The van der Waals surface area contributed by atoms with Crippen molar-refractivity contribution in [3.05, 3.63) is 95.4 Å². The first-order valence-corrected chi connectivity index (χ1v) is 18.2. The van der Waals surface area contributed by atoms with E-state index in [0.717, 1.165) is 47.0 Å². The number of amides is 5. The van der Waals surface area contributed by atoms with Crippen LogP contribution in [0.25, 0.3) is 10.9 Å². The van der Waals surface area contributed by atoms with Gasteiger partial charge in [-0.05, 0) is 123 Å². The van der Waals surface area contributed by atoms with E-state index in [1.54, 1.807) is 30.5 Å². The maximum Gasteiger partial charge on any atom is 0.266 e. The average molecular weight is 721 g/mol. The van der Waals surface area contributed by atoms with E-state index >= 15 is 0 Å². The number of halogens is 1. The molecule has 2 atom stereocenters. The van der Waals surface area contributed by atoms with Crippen LogP contribution >= 0.6 is 0 Å². The van der Waals surface area contributed by atoms with Gasteiger partial charge in [0.2, 0.25) is 17.7 Å². The van der Waals surface area contributed by atoms with Gasteiger partial charge in [0.25, 0.3) is 11.8 Å². The van der Waals surface area contributed by atoms with Crippen molar-refractivity contribution in [3.63, 3.8) is 0 Å². The number of benzene rings is 3. The van der Waals surface area contributed by atoms with Crippen molar-refractivity contribution < 1.29 is 37.8 Å². The topological polar surface area (TPSA) is 144 Å². The van der Waals surface area contributed by atoms with Crippen LogP contribution in [0.5, 0.6) is 11.5 Å². The highest BCUT2D eigenvalue weighted by Gasteiger charge is 2.46. The van der Waals surface area contributed by atoms with Crippen LogP contribution in [0.2, 0.25) is 0 Å². The fourth-order valence-electron chi connectivity index (χ4n) is 7.71. The van der Waals surface area contributed by atoms with Crippen LogP contribution in [-0.4, -0.2) is 58.7 Å². The van der Waals surface area contributed by atoms with Crippen LogP contribution in [0.15, 0.2) is 72.9 Å². The van der Waals surface area contributed by atoms with Gasteiger partial charge in [-0.1, -0.05) is 13.0 Å². The van der Waals surface area contributed by atoms with Crippen molar-refractivity contribution in [2.45, 2.75) is 70.3 Å². The summed E-state index contributed by atoms with van der Waals surface area (Å²) in [6.45, 7) is 2.69. The maximum atomic E-state index is 14.0. The van der Waals surface area contributed by atoms with Gasteiger partial charge in [-0.25, -0.2) is 4.39 Å². The zero-order valence-corrected chi connectivity index (χ0v) is 29.4. The first kappa shape index (κ1) is 35.7. The van der Waals surface area contributed by atoms with Gasteiger partial charge < -0.3 is 14.8 Å². The summed E-state index contributed by atoms with van der Waals surface area (Å²) in [5, 5.41) is 6.11. The van der Waals surface area contributed by atoms with Gasteiger partial charge in [-0.2, -0.15) is 0 Å². The van der Waals surface area contributed by atoms with E-state index in [1.165, 1.54) is 12.1 Å². The molecule has 1 aliphatic carbocycles. The van der Waals surface area contributed by atoms with Crippen LogP contribution in [0.3, 0.4) is 0 Å². The molecule has 3 aliphatic rings. The quantitative estimate of drug-likeness (QED) is 0.124. The maximum absolute atomic E-state index is 14.0. The number of fused-ring (bicyclic) bond motifs is 2. The second kappa shape index (κ2) is 15.5. The highest BCUT2D eigenvalue weighted by atomic mass is 19.1. The van der Waals surface area contributed by atoms with Crippen molar-refractivity contribution in [2.24, 2.45) is 11.8 Å². The standard InChI is InChI=1S/C41H41FN4O7/c1-24(25-7-9-26(10-8-25)30-19-20-43-33-16-11-27(42)23-32(30)33)38(48)44-28-12-14-29(15-13-28)52-21-2-3-22-53-35-6-4-5-31-37(35)41(51)46(40(31)50)34-17-18-36(47)45-39(34)49/h4-6,11-16,19-20,23-26,34H,2-3,7-10,17-18,21-22H2,1H3,(H,44,48)(H,45,47,49)/t24-,25-,26+,34?/m1/s1. The van der Waals surface area contributed by atoms with Gasteiger partial charge in [0.15, 0.2) is 0 Å². The summed E-state index contributed by atoms with van der Waals surface area (Å²) in [4.78, 5) is 68.7. The molecule has 1 saturated carbocycles. The molecule has 11 nitrogen and oxygen atoms in total. The number of carbonyl (C=O) groups is 5. The molecule has 2 N–H and O–H groups in total. The van der Waals surface area contributed by atoms with Crippen molar-refractivity contribution in [2.75, 3.05) is 18.5 Å². The van der Waals surface area contributed by atoms with E-state index < -0.39 is 29.7 Å². The van der Waals surface area contributed by atoms with Crippen molar-refractivity contribution in [3.8, 4) is 11.5 Å². The predicted octanol–water partition coefficient (Wildman–Crippen LogP) is 6.56. The minimum Gasteiger partial charge on any atom is -0.494 e. The number of carbonyl (C=O) groups excluding carboxylic acids is 5. The lowest BCUT2D eigenvalue weighted by Gasteiger charge is -2.32. The lowest BCUT2D eigenvalue weighted by molar-refractivity contribution is -0.136. The molecule has 3 aromatic carbocycles. The number of ether oxygens (including phenoxy) is 2. The number of piperidine rings is 1. The third kappa shape index (κ3) is 7.62. The SMILES string of the molecule is C[C@@H](C(=O)Nc1ccc(OCCCCOc2cccc3c2C(=O)N(C2CCC(=O)NC2=O)C3=O)cc1)[C@H]1CC[C@@H](c2ccnc3ccc(F)cc32)CC1. The van der Waals surface area contributed by atoms with E-state index in [2.05, 4.69) is 15.6 Å². The molecule has 12 heteroatoms. The Balaban J connectivity index is 0.830. The van der Waals surface area contributed by atoms with E-state index in [1.807, 2.05) is 37.3 Å². The Morgan fingerprint density at radius 2 is 1.68 bits per heavy atom. The van der Waals surface area contributed by atoms with Crippen LogP contribution in [0.1, 0.15) is 90.5 Å². The third-order valence-electron chi connectivity index (χ3n) is 10.7. The highest BCUT2D eigenvalue weighted by Crippen LogP contribution is 2.41. The molecular weight excluding hydrogens is 679 g/mol. The van der Waals surface area contributed by atoms with Gasteiger partial charge in [0.1, 0.15) is 23.4 Å². The number of rotatable bonds is 12. The molecule has 274 valence electrons. The number of nitrogens with zero attached hydrogens (tertiary/aromatic N) is 2. The molecule has 7 rings (SSSR count). The molecule has 1 aromatic heterocycles. The summed E-state index contributed by atoms with van der Waals surface area (Å²) in [7, 11) is 0. The first-order valence-electron chi connectivity index (χ1n) is 18.2. The number of hydrogen-bond donors (Lipinski definition) is 2. The molecule has 1 saturated heterocycles. The van der Waals surface area contributed by atoms with E-state index in [0.29, 0.717) is 36.8 Å². The average Bonchev–Trinajstić information content (AvgIpc) is 3.42. The first-order chi connectivity index (χ1) is 25.7. The third-order valence-corrected chi connectivity index (χ3v) is 10.7. The van der Waals surface area contributed by atoms with Crippen LogP contribution < -0.4 is 20.1 Å². The van der Waals surface area contributed by atoms with E-state index in [4.69, 9.17) is 9.47 Å². The van der Waals surface area contributed by atoms with Gasteiger partial charge >= 0.3 is 0 Å². The van der Waals surface area contributed by atoms with E-state index in [-0.39, 0.29) is 59.9 Å². The number of unbranched alkanes of at least 4 members (excludes halogenated alkanes) is 1. The second-order valence-electron chi connectivity index (χ2n) is 14.0. The largest absolute Gasteiger partial charge is 0.494 e. The summed E-state index contributed by atoms with van der Waals surface area (Å²) in [5.74, 6) is -1.18. The lowest BCUT2D eigenvalue weighted by atomic mass is 9.73. The van der Waals surface area contributed by atoms with Crippen LogP contribution in [0.4, 0.5) is 10.1 Å². The number of hydrogen-bond acceptors (Lipinski definition) is 8. The molecular formula is C41H41FN4O7. The molecule has 53 heavy (non-hydrogen) atoms. The lowest BCUT2D eigenvalue weighted by Crippen LogP contribution is -2.54. The Morgan fingerprint density at radius 3 is 2.43 bits per heavy atom. The number of imide groups is 2. The zero-order valence-electron chi connectivity index (χ0n) is 29.4. The summed E-state index contributed by atoms with van der Waals surface area (Å²) >= 11 is 0. The van der Waals surface area contributed by atoms with Gasteiger partial charge in [-0.3, -0.25) is 39.2 Å². The Labute approximate surface area is 306 Å². The van der Waals surface area contributed by atoms with Crippen LogP contribution in [-0.2, 0) is 14.4 Å². The van der Waals surface area contributed by atoms with Gasteiger partial charge in [-0.15, -0.1) is 0 Å². The Hall–Kier alpha value is -5.65. The smallest absolute Gasteiger partial charge is 0.266 e. The van der Waals surface area contributed by atoms with E-state index in [9.17, 15) is 28.4 Å². The van der Waals surface area contributed by atoms with Crippen LogP contribution in [0, 0.1) is 17.7 Å². The molecule has 2 fully saturated rings. The molecule has 5 amide bonds. The summed E-state index contributed by atoms with van der Waals surface area (Å²) < 4.78 is 25.8. The normalized spacial score (nSPS) is 20.6. The van der Waals surface area contributed by atoms with Crippen molar-refractivity contribution >= 4 is 46.1 Å². The Kier molecular flexibility index (Phi) is 10.5. The summed E-state index contributed by atoms with van der Waals surface area (Å²) in [6, 6.07) is 17.7. The molecule has 0 bridgehead atoms. The number of aromatic nitrogens is 1. The zero-order chi connectivity index (χ0) is 37.1. The predicted molar refractivity (Wildman–Crippen MR) is 194 cm³/mol. The minimum atomic E-state index is -1.04. The van der Waals surface area contributed by atoms with Gasteiger partial charge in [0.05, 0.1) is 29.9 Å². The fraction of sp³-hybridized carbons (Fsp3) is 0.366. The molecule has 0 radical (unpaired) electrons. The van der Waals surface area contributed by atoms with Crippen molar-refractivity contribution in [1.82, 2.24) is 15.2 Å². The number of anilines is 1. The monoisotopic (exact) mass is 720 g/mol. The highest BCUT2D eigenvalue weighted by molar-refractivity contribution is 6.24. The molecule has 0 spiro atoms. The number of nitrogens with one attached hydrogen (secondary N) is 2. The summed E-state index contributed by atoms with van der Waals surface area (Å²) in [5.41, 5.74) is 2.93. The van der Waals surface area contributed by atoms with Crippen molar-refractivity contribution in [1.29, 1.82) is 0 Å². The molecule has 4 aromatic rings. The fourth-order valence-corrected chi connectivity index (χ4v) is 7.71.